The molecule has 2 unspecified atom stereocenters. The van der Waals surface area contributed by atoms with Gasteiger partial charge in [0.1, 0.15) is 10.3 Å². The normalized spacial score (nSPS) is 19.2. The molecule has 1 aromatic carbocycles. The molecule has 146 valence electrons. The highest BCUT2D eigenvalue weighted by Crippen LogP contribution is 2.32. The van der Waals surface area contributed by atoms with Gasteiger partial charge >= 0.3 is 0 Å². The van der Waals surface area contributed by atoms with E-state index in [1.807, 2.05) is 0 Å². The summed E-state index contributed by atoms with van der Waals surface area (Å²) in [5.41, 5.74) is 0.400. The van der Waals surface area contributed by atoms with Crippen LogP contribution < -0.4 is 5.32 Å². The third-order valence-electron chi connectivity index (χ3n) is 4.42. The van der Waals surface area contributed by atoms with E-state index in [2.05, 4.69) is 21.2 Å². The molecule has 10 heteroatoms. The maximum absolute atomic E-state index is 13.4. The molecule has 1 saturated heterocycles. The molecule has 2 atom stereocenters. The SMILES string of the molecule is CC(NC(=O)C1CCCN1S(=O)(=O)c1ccc(Br)s1)c1ccc(F)c(F)c1. The maximum Gasteiger partial charge on any atom is 0.253 e. The molecule has 27 heavy (non-hydrogen) atoms. The number of rotatable bonds is 5. The standard InChI is InChI=1S/C17H17BrF2N2O3S2/c1-10(11-4-5-12(19)13(20)9-11)21-17(23)14-3-2-8-22(14)27(24,25)16-7-6-15(18)26-16/h4-7,9-10,14H,2-3,8H2,1H3,(H,21,23). The largest absolute Gasteiger partial charge is 0.348 e. The highest BCUT2D eigenvalue weighted by molar-refractivity contribution is 9.11. The van der Waals surface area contributed by atoms with Crippen LogP contribution in [0, 0.1) is 11.6 Å². The zero-order valence-electron chi connectivity index (χ0n) is 14.3. The van der Waals surface area contributed by atoms with Gasteiger partial charge in [0, 0.05) is 6.54 Å². The van der Waals surface area contributed by atoms with Crippen molar-refractivity contribution < 1.29 is 22.0 Å². The van der Waals surface area contributed by atoms with Crippen molar-refractivity contribution in [3.8, 4) is 0 Å². The summed E-state index contributed by atoms with van der Waals surface area (Å²) in [5.74, 6) is -2.42. The van der Waals surface area contributed by atoms with Crippen molar-refractivity contribution in [1.29, 1.82) is 0 Å². The number of hydrogen-bond donors (Lipinski definition) is 1. The first-order chi connectivity index (χ1) is 12.7. The Labute approximate surface area is 168 Å². The van der Waals surface area contributed by atoms with E-state index in [1.54, 1.807) is 13.0 Å². The zero-order chi connectivity index (χ0) is 19.8. The summed E-state index contributed by atoms with van der Waals surface area (Å²) in [6, 6.07) is 5.13. The number of nitrogens with one attached hydrogen (secondary N) is 1. The summed E-state index contributed by atoms with van der Waals surface area (Å²) in [5, 5.41) is 2.70. The van der Waals surface area contributed by atoms with Crippen LogP contribution in [-0.2, 0) is 14.8 Å². The Morgan fingerprint density at radius 3 is 2.67 bits per heavy atom. The Bertz CT molecular complexity index is 965. The Kier molecular flexibility index (Phi) is 5.99. The number of benzene rings is 1. The minimum absolute atomic E-state index is 0.169. The molecule has 3 rings (SSSR count). The van der Waals surface area contributed by atoms with Crippen LogP contribution >= 0.6 is 27.3 Å². The Morgan fingerprint density at radius 1 is 1.30 bits per heavy atom. The van der Waals surface area contributed by atoms with E-state index in [0.717, 1.165) is 23.5 Å². The van der Waals surface area contributed by atoms with E-state index in [1.165, 1.54) is 16.4 Å². The van der Waals surface area contributed by atoms with E-state index < -0.39 is 39.6 Å². The van der Waals surface area contributed by atoms with Crippen molar-refractivity contribution in [1.82, 2.24) is 9.62 Å². The van der Waals surface area contributed by atoms with Crippen molar-refractivity contribution in [3.63, 3.8) is 0 Å². The second-order valence-electron chi connectivity index (χ2n) is 6.24. The summed E-state index contributed by atoms with van der Waals surface area (Å²) in [4.78, 5) is 12.7. The predicted octanol–water partition coefficient (Wildman–Crippen LogP) is 3.82. The molecule has 5 nitrogen and oxygen atoms in total. The number of thiophene rings is 1. The molecular formula is C17H17BrF2N2O3S2. The van der Waals surface area contributed by atoms with Crippen molar-refractivity contribution in [3.05, 3.63) is 51.3 Å². The number of carbonyl (C=O) groups is 1. The highest BCUT2D eigenvalue weighted by atomic mass is 79.9. The molecule has 1 aromatic heterocycles. The number of amides is 1. The lowest BCUT2D eigenvalue weighted by atomic mass is 10.1. The molecular weight excluding hydrogens is 462 g/mol. The summed E-state index contributed by atoms with van der Waals surface area (Å²) in [6.07, 6.45) is 0.978. The minimum atomic E-state index is -3.77. The van der Waals surface area contributed by atoms with Gasteiger partial charge in [0.25, 0.3) is 10.0 Å². The second kappa shape index (κ2) is 7.94. The molecule has 0 spiro atoms. The smallest absolute Gasteiger partial charge is 0.253 e. The quantitative estimate of drug-likeness (QED) is 0.710. The molecule has 1 aliphatic rings. The van der Waals surface area contributed by atoms with E-state index in [4.69, 9.17) is 0 Å². The first-order valence-electron chi connectivity index (χ1n) is 8.22. The fraction of sp³-hybridized carbons (Fsp3) is 0.353. The van der Waals surface area contributed by atoms with Crippen LogP contribution in [0.25, 0.3) is 0 Å². The fourth-order valence-electron chi connectivity index (χ4n) is 3.02. The number of nitrogens with zero attached hydrogens (tertiary/aromatic N) is 1. The van der Waals surface area contributed by atoms with Gasteiger partial charge in [0.05, 0.1) is 9.83 Å². The Balaban J connectivity index is 1.76. The molecule has 1 fully saturated rings. The van der Waals surface area contributed by atoms with Crippen LogP contribution in [0.3, 0.4) is 0 Å². The molecule has 0 radical (unpaired) electrons. The molecule has 0 aliphatic carbocycles. The molecule has 0 saturated carbocycles. The van der Waals surface area contributed by atoms with Crippen LogP contribution in [0.1, 0.15) is 31.4 Å². The van der Waals surface area contributed by atoms with Crippen molar-refractivity contribution in [2.24, 2.45) is 0 Å². The Hall–Kier alpha value is -1.36. The second-order valence-corrected chi connectivity index (χ2v) is 10.8. The number of carbonyl (C=O) groups excluding carboxylic acids is 1. The third kappa shape index (κ3) is 4.23. The van der Waals surface area contributed by atoms with Gasteiger partial charge in [-0.15, -0.1) is 11.3 Å². The predicted molar refractivity (Wildman–Crippen MR) is 102 cm³/mol. The molecule has 1 amide bonds. The van der Waals surface area contributed by atoms with Crippen LogP contribution in [0.5, 0.6) is 0 Å². The molecule has 1 aliphatic heterocycles. The van der Waals surface area contributed by atoms with Gasteiger partial charge in [-0.05, 0) is 65.5 Å². The number of halogens is 3. The highest BCUT2D eigenvalue weighted by Gasteiger charge is 2.40. The van der Waals surface area contributed by atoms with Gasteiger partial charge in [-0.3, -0.25) is 4.79 Å². The lowest BCUT2D eigenvalue weighted by Crippen LogP contribution is -2.46. The van der Waals surface area contributed by atoms with E-state index in [9.17, 15) is 22.0 Å². The van der Waals surface area contributed by atoms with Crippen molar-refractivity contribution in [2.45, 2.75) is 36.1 Å². The number of hydrogen-bond acceptors (Lipinski definition) is 4. The molecule has 1 N–H and O–H groups in total. The maximum atomic E-state index is 13.4. The fourth-order valence-corrected chi connectivity index (χ4v) is 6.81. The van der Waals surface area contributed by atoms with Crippen LogP contribution in [0.15, 0.2) is 38.3 Å². The minimum Gasteiger partial charge on any atom is -0.348 e. The molecule has 2 aromatic rings. The monoisotopic (exact) mass is 478 g/mol. The van der Waals surface area contributed by atoms with Crippen LogP contribution in [0.4, 0.5) is 8.78 Å². The molecule has 0 bridgehead atoms. The summed E-state index contributed by atoms with van der Waals surface area (Å²) in [7, 11) is -3.77. The number of sulfonamides is 1. The van der Waals surface area contributed by atoms with Crippen molar-refractivity contribution in [2.75, 3.05) is 6.54 Å². The van der Waals surface area contributed by atoms with Gasteiger partial charge in [0.15, 0.2) is 11.6 Å². The van der Waals surface area contributed by atoms with Crippen molar-refractivity contribution >= 4 is 43.2 Å². The van der Waals surface area contributed by atoms with Gasteiger partial charge in [-0.2, -0.15) is 4.31 Å². The first kappa shape index (κ1) is 20.4. The molecule has 2 heterocycles. The summed E-state index contributed by atoms with van der Waals surface area (Å²) >= 11 is 4.33. The average molecular weight is 479 g/mol. The van der Waals surface area contributed by atoms with Gasteiger partial charge in [-0.1, -0.05) is 6.07 Å². The Morgan fingerprint density at radius 2 is 2.04 bits per heavy atom. The van der Waals surface area contributed by atoms with E-state index in [0.29, 0.717) is 22.2 Å². The summed E-state index contributed by atoms with van der Waals surface area (Å²) < 4.78 is 54.2. The van der Waals surface area contributed by atoms with Crippen LogP contribution in [-0.4, -0.2) is 31.2 Å². The lowest BCUT2D eigenvalue weighted by Gasteiger charge is -2.24. The van der Waals surface area contributed by atoms with Gasteiger partial charge < -0.3 is 5.32 Å². The summed E-state index contributed by atoms with van der Waals surface area (Å²) in [6.45, 7) is 1.89. The van der Waals surface area contributed by atoms with E-state index >= 15 is 0 Å². The lowest BCUT2D eigenvalue weighted by molar-refractivity contribution is -0.124. The van der Waals surface area contributed by atoms with Gasteiger partial charge in [-0.25, -0.2) is 17.2 Å². The first-order valence-corrected chi connectivity index (χ1v) is 11.3. The topological polar surface area (TPSA) is 66.5 Å². The van der Waals surface area contributed by atoms with E-state index in [-0.39, 0.29) is 10.8 Å². The van der Waals surface area contributed by atoms with Gasteiger partial charge in [0.2, 0.25) is 5.91 Å². The average Bonchev–Trinajstić information content (AvgIpc) is 3.26. The third-order valence-corrected chi connectivity index (χ3v) is 8.42. The zero-order valence-corrected chi connectivity index (χ0v) is 17.5. The van der Waals surface area contributed by atoms with Crippen LogP contribution in [0.2, 0.25) is 0 Å².